The molecule has 0 radical (unpaired) electrons. The Hall–Kier alpha value is -2.28. The van der Waals surface area contributed by atoms with Gasteiger partial charge in [-0.2, -0.15) is 0 Å². The van der Waals surface area contributed by atoms with E-state index in [0.29, 0.717) is 22.2 Å². The first-order valence-electron chi connectivity index (χ1n) is 7.11. The summed E-state index contributed by atoms with van der Waals surface area (Å²) in [6.45, 7) is -0.415. The number of benzene rings is 2. The van der Waals surface area contributed by atoms with Gasteiger partial charge in [-0.15, -0.1) is 0 Å². The first kappa shape index (κ1) is 20.8. The quantitative estimate of drug-likeness (QED) is 0.704. The fourth-order valence-electron chi connectivity index (χ4n) is 1.69. The fraction of sp³-hybridized carbons (Fsp3) is 0.176. The maximum absolute atomic E-state index is 10.4. The number of hydrogen-bond donors (Lipinski definition) is 3. The van der Waals surface area contributed by atoms with Gasteiger partial charge in [-0.25, -0.2) is 4.79 Å². The van der Waals surface area contributed by atoms with E-state index in [9.17, 15) is 9.59 Å². The molecule has 0 aliphatic heterocycles. The van der Waals surface area contributed by atoms with Crippen LogP contribution in [0.4, 0.5) is 0 Å². The third kappa shape index (κ3) is 8.39. The van der Waals surface area contributed by atoms with Crippen molar-refractivity contribution in [3.8, 4) is 5.75 Å². The Morgan fingerprint density at radius 2 is 1.72 bits per heavy atom. The minimum Gasteiger partial charge on any atom is -0.480 e. The van der Waals surface area contributed by atoms with Crippen LogP contribution in [0.5, 0.6) is 5.75 Å². The van der Waals surface area contributed by atoms with Crippen LogP contribution in [0.2, 0.25) is 10.0 Å². The van der Waals surface area contributed by atoms with Crippen molar-refractivity contribution >= 4 is 35.1 Å². The van der Waals surface area contributed by atoms with E-state index in [1.165, 1.54) is 12.1 Å². The van der Waals surface area contributed by atoms with Crippen molar-refractivity contribution in [2.45, 2.75) is 12.5 Å². The van der Waals surface area contributed by atoms with Gasteiger partial charge in [0.15, 0.2) is 6.61 Å². The van der Waals surface area contributed by atoms with Crippen molar-refractivity contribution in [1.82, 2.24) is 0 Å². The minimum absolute atomic E-state index is 0.300. The largest absolute Gasteiger partial charge is 0.480 e. The van der Waals surface area contributed by atoms with E-state index in [1.807, 2.05) is 30.3 Å². The number of ether oxygens (including phenoxy) is 1. The number of aliphatic carboxylic acids is 2. The molecule has 0 spiro atoms. The van der Waals surface area contributed by atoms with Crippen molar-refractivity contribution in [2.75, 3.05) is 6.61 Å². The zero-order chi connectivity index (χ0) is 18.8. The van der Waals surface area contributed by atoms with Gasteiger partial charge in [-0.1, -0.05) is 53.5 Å². The lowest BCUT2D eigenvalue weighted by atomic mass is 10.1. The predicted molar refractivity (Wildman–Crippen MR) is 95.4 cm³/mol. The summed E-state index contributed by atoms with van der Waals surface area (Å²) in [5.41, 5.74) is 6.30. The van der Waals surface area contributed by atoms with Gasteiger partial charge >= 0.3 is 11.9 Å². The highest BCUT2D eigenvalue weighted by Crippen LogP contribution is 2.27. The number of rotatable bonds is 6. The lowest BCUT2D eigenvalue weighted by molar-refractivity contribution is -0.139. The topological polar surface area (TPSA) is 110 Å². The van der Waals surface area contributed by atoms with Crippen molar-refractivity contribution < 1.29 is 24.5 Å². The van der Waals surface area contributed by atoms with E-state index in [1.54, 1.807) is 6.07 Å². The summed E-state index contributed by atoms with van der Waals surface area (Å²) in [6, 6.07) is 13.1. The molecule has 6 nitrogen and oxygen atoms in total. The van der Waals surface area contributed by atoms with Gasteiger partial charge < -0.3 is 20.7 Å². The van der Waals surface area contributed by atoms with E-state index in [4.69, 9.17) is 43.9 Å². The highest BCUT2D eigenvalue weighted by Gasteiger charge is 2.11. The normalized spacial score (nSPS) is 11.0. The molecule has 0 saturated heterocycles. The van der Waals surface area contributed by atoms with Gasteiger partial charge in [0.1, 0.15) is 11.8 Å². The monoisotopic (exact) mass is 385 g/mol. The number of carbonyl (C=O) groups is 2. The predicted octanol–water partition coefficient (Wildman–Crippen LogP) is 3.10. The zero-order valence-electron chi connectivity index (χ0n) is 13.1. The molecule has 0 aliphatic rings. The minimum atomic E-state index is -1.05. The van der Waals surface area contributed by atoms with Crippen molar-refractivity contribution in [1.29, 1.82) is 0 Å². The smallest absolute Gasteiger partial charge is 0.341 e. The molecule has 25 heavy (non-hydrogen) atoms. The third-order valence-electron chi connectivity index (χ3n) is 2.86. The summed E-state index contributed by atoms with van der Waals surface area (Å²) in [7, 11) is 0. The van der Waals surface area contributed by atoms with Crippen LogP contribution >= 0.6 is 23.2 Å². The van der Waals surface area contributed by atoms with Crippen molar-refractivity contribution in [3.63, 3.8) is 0 Å². The summed E-state index contributed by atoms with van der Waals surface area (Å²) in [5, 5.41) is 17.6. The molecule has 0 bridgehead atoms. The van der Waals surface area contributed by atoms with Gasteiger partial charge in [0.25, 0.3) is 0 Å². The number of hydrogen-bond acceptors (Lipinski definition) is 4. The van der Waals surface area contributed by atoms with Crippen molar-refractivity contribution in [3.05, 3.63) is 64.1 Å². The van der Waals surface area contributed by atoms with E-state index < -0.39 is 24.6 Å². The summed E-state index contributed by atoms with van der Waals surface area (Å²) >= 11 is 11.3. The molecule has 4 N–H and O–H groups in total. The Bertz CT molecular complexity index is 709. The van der Waals surface area contributed by atoms with Crippen LogP contribution in [0.15, 0.2) is 48.5 Å². The third-order valence-corrected chi connectivity index (χ3v) is 3.39. The van der Waals surface area contributed by atoms with Crippen LogP contribution in [-0.2, 0) is 16.0 Å². The van der Waals surface area contributed by atoms with Gasteiger partial charge in [-0.05, 0) is 30.2 Å². The molecule has 0 aliphatic carbocycles. The molecule has 0 saturated carbocycles. The first-order valence-corrected chi connectivity index (χ1v) is 7.87. The highest BCUT2D eigenvalue weighted by atomic mass is 35.5. The molecule has 2 aromatic carbocycles. The Balaban J connectivity index is 0.000000251. The van der Waals surface area contributed by atoms with Crippen molar-refractivity contribution in [2.24, 2.45) is 5.73 Å². The molecule has 0 unspecified atom stereocenters. The van der Waals surface area contributed by atoms with E-state index in [0.717, 1.165) is 5.56 Å². The fourth-order valence-corrected chi connectivity index (χ4v) is 2.15. The van der Waals surface area contributed by atoms with Crippen LogP contribution in [0.3, 0.4) is 0 Å². The number of nitrogens with two attached hydrogens (primary N) is 1. The SMILES string of the molecule is N[C@@H](Cc1ccccc1)C(=O)O.O=C(O)COc1ccc(Cl)cc1Cl. The van der Waals surface area contributed by atoms with Gasteiger partial charge in [0.05, 0.1) is 5.02 Å². The average Bonchev–Trinajstić information content (AvgIpc) is 2.55. The van der Waals surface area contributed by atoms with Gasteiger partial charge in [0, 0.05) is 5.02 Å². The van der Waals surface area contributed by atoms with Crippen LogP contribution in [0, 0.1) is 0 Å². The Morgan fingerprint density at radius 1 is 1.08 bits per heavy atom. The maximum atomic E-state index is 10.4. The molecule has 1 atom stereocenters. The molecule has 8 heteroatoms. The average molecular weight is 386 g/mol. The summed E-state index contributed by atoms with van der Waals surface area (Å²) in [4.78, 5) is 20.5. The van der Waals surface area contributed by atoms with Gasteiger partial charge in [0.2, 0.25) is 0 Å². The van der Waals surface area contributed by atoms with Crippen LogP contribution in [0.1, 0.15) is 5.56 Å². The van der Waals surface area contributed by atoms with Crippen LogP contribution in [0.25, 0.3) is 0 Å². The second-order valence-corrected chi connectivity index (χ2v) is 5.74. The summed E-state index contributed by atoms with van der Waals surface area (Å²) < 4.78 is 4.86. The molecule has 134 valence electrons. The molecular formula is C17H17Cl2NO5. The second kappa shape index (κ2) is 10.6. The maximum Gasteiger partial charge on any atom is 0.341 e. The Morgan fingerprint density at radius 3 is 2.24 bits per heavy atom. The molecule has 0 amide bonds. The van der Waals surface area contributed by atoms with E-state index in [2.05, 4.69) is 0 Å². The molecule has 2 rings (SSSR count). The molecule has 0 fully saturated rings. The number of carboxylic acids is 2. The zero-order valence-corrected chi connectivity index (χ0v) is 14.6. The van der Waals surface area contributed by atoms with E-state index >= 15 is 0 Å². The van der Waals surface area contributed by atoms with Gasteiger partial charge in [-0.3, -0.25) is 4.79 Å². The number of carboxylic acid groups (broad SMARTS) is 2. The molecule has 0 heterocycles. The Labute approximate surface area is 154 Å². The summed E-state index contributed by atoms with van der Waals surface area (Å²) in [5.74, 6) is -1.70. The lowest BCUT2D eigenvalue weighted by Crippen LogP contribution is -2.32. The first-order chi connectivity index (χ1) is 11.8. The molecular weight excluding hydrogens is 369 g/mol. The summed E-state index contributed by atoms with van der Waals surface area (Å²) in [6.07, 6.45) is 0.385. The number of halogens is 2. The molecule has 0 aromatic heterocycles. The highest BCUT2D eigenvalue weighted by molar-refractivity contribution is 6.35. The standard InChI is InChI=1S/C9H11NO2.C8H6Cl2O3/c10-8(9(11)12)6-7-4-2-1-3-5-7;9-5-1-2-7(6(10)3-5)13-4-8(11)12/h1-5,8H,6,10H2,(H,11,12);1-3H,4H2,(H,11,12)/t8-;/m0./s1. The second-order valence-electron chi connectivity index (χ2n) is 4.89. The molecule has 2 aromatic rings. The van der Waals surface area contributed by atoms with E-state index in [-0.39, 0.29) is 0 Å². The van der Waals surface area contributed by atoms with Crippen LogP contribution in [-0.4, -0.2) is 34.8 Å². The lowest BCUT2D eigenvalue weighted by Gasteiger charge is -2.04. The Kier molecular flexibility index (Phi) is 8.77. The van der Waals surface area contributed by atoms with Crippen LogP contribution < -0.4 is 10.5 Å².